The summed E-state index contributed by atoms with van der Waals surface area (Å²) in [5.74, 6) is 1.19. The molecule has 1 aliphatic rings. The second-order valence-electron chi connectivity index (χ2n) is 6.41. The van der Waals surface area contributed by atoms with E-state index in [9.17, 15) is 9.59 Å². The third-order valence-corrected chi connectivity index (χ3v) is 4.67. The Kier molecular flexibility index (Phi) is 5.96. The lowest BCUT2D eigenvalue weighted by atomic mass is 10.1. The molecule has 0 aliphatic carbocycles. The van der Waals surface area contributed by atoms with E-state index in [1.807, 2.05) is 36.4 Å². The highest BCUT2D eigenvalue weighted by molar-refractivity contribution is 5.95. The second kappa shape index (κ2) is 8.58. The number of carbonyl (C=O) groups is 2. The molecule has 0 radical (unpaired) electrons. The normalized spacial score (nSPS) is 14.0. The lowest BCUT2D eigenvalue weighted by Crippen LogP contribution is -2.50. The maximum absolute atomic E-state index is 12.5. The van der Waals surface area contributed by atoms with Gasteiger partial charge in [-0.15, -0.1) is 0 Å². The van der Waals surface area contributed by atoms with Gasteiger partial charge in [0.05, 0.1) is 7.11 Å². The van der Waals surface area contributed by atoms with Gasteiger partial charge in [-0.3, -0.25) is 9.59 Å². The SMILES string of the molecule is COc1ccccc1OCC(=O)N1CCN(c2cccc(C(C)=O)c2)CC1. The summed E-state index contributed by atoms with van der Waals surface area (Å²) < 4.78 is 10.9. The summed E-state index contributed by atoms with van der Waals surface area (Å²) in [5, 5.41) is 0. The highest BCUT2D eigenvalue weighted by atomic mass is 16.5. The number of nitrogens with zero attached hydrogens (tertiary/aromatic N) is 2. The van der Waals surface area contributed by atoms with Crippen LogP contribution in [-0.2, 0) is 4.79 Å². The van der Waals surface area contributed by atoms with E-state index in [0.717, 1.165) is 18.8 Å². The van der Waals surface area contributed by atoms with Gasteiger partial charge in [-0.2, -0.15) is 0 Å². The molecule has 0 atom stereocenters. The predicted molar refractivity (Wildman–Crippen MR) is 104 cm³/mol. The molecule has 2 aromatic carbocycles. The van der Waals surface area contributed by atoms with Crippen LogP contribution in [0.25, 0.3) is 0 Å². The number of hydrogen-bond acceptors (Lipinski definition) is 5. The van der Waals surface area contributed by atoms with Crippen molar-refractivity contribution in [3.8, 4) is 11.5 Å². The molecular weight excluding hydrogens is 344 g/mol. The van der Waals surface area contributed by atoms with E-state index in [0.29, 0.717) is 30.2 Å². The monoisotopic (exact) mass is 368 g/mol. The number of Topliss-reactive ketones (excluding diaryl/α,β-unsaturated/α-hetero) is 1. The van der Waals surface area contributed by atoms with Crippen LogP contribution < -0.4 is 14.4 Å². The molecule has 2 aromatic rings. The van der Waals surface area contributed by atoms with E-state index < -0.39 is 0 Å². The van der Waals surface area contributed by atoms with E-state index in [-0.39, 0.29) is 18.3 Å². The number of amides is 1. The van der Waals surface area contributed by atoms with Crippen molar-refractivity contribution in [1.82, 2.24) is 4.90 Å². The topological polar surface area (TPSA) is 59.1 Å². The first kappa shape index (κ1) is 18.8. The van der Waals surface area contributed by atoms with Crippen molar-refractivity contribution in [1.29, 1.82) is 0 Å². The van der Waals surface area contributed by atoms with Gasteiger partial charge in [0.25, 0.3) is 5.91 Å². The maximum Gasteiger partial charge on any atom is 0.260 e. The van der Waals surface area contributed by atoms with Gasteiger partial charge in [-0.25, -0.2) is 0 Å². The Morgan fingerprint density at radius 2 is 1.67 bits per heavy atom. The van der Waals surface area contributed by atoms with Crippen molar-refractivity contribution in [3.63, 3.8) is 0 Å². The largest absolute Gasteiger partial charge is 0.493 e. The Morgan fingerprint density at radius 1 is 0.963 bits per heavy atom. The predicted octanol–water partition coefficient (Wildman–Crippen LogP) is 2.63. The van der Waals surface area contributed by atoms with Crippen molar-refractivity contribution in [2.45, 2.75) is 6.92 Å². The number of benzene rings is 2. The average molecular weight is 368 g/mol. The Morgan fingerprint density at radius 3 is 2.33 bits per heavy atom. The fraction of sp³-hybridized carbons (Fsp3) is 0.333. The Labute approximate surface area is 159 Å². The van der Waals surface area contributed by atoms with Crippen LogP contribution in [0.2, 0.25) is 0 Å². The fourth-order valence-electron chi connectivity index (χ4n) is 3.10. The second-order valence-corrected chi connectivity index (χ2v) is 6.41. The van der Waals surface area contributed by atoms with E-state index in [1.54, 1.807) is 31.1 Å². The summed E-state index contributed by atoms with van der Waals surface area (Å²) in [6.07, 6.45) is 0. The molecule has 6 nitrogen and oxygen atoms in total. The molecule has 3 rings (SSSR count). The number of hydrogen-bond donors (Lipinski definition) is 0. The first-order valence-electron chi connectivity index (χ1n) is 8.98. The molecule has 0 N–H and O–H groups in total. The van der Waals surface area contributed by atoms with Crippen LogP contribution in [0.1, 0.15) is 17.3 Å². The standard InChI is InChI=1S/C21H24N2O4/c1-16(24)17-6-5-7-18(14-17)22-10-12-23(13-11-22)21(25)15-27-20-9-4-3-8-19(20)26-2/h3-9,14H,10-13,15H2,1-2H3. The minimum absolute atomic E-state index is 0.0137. The van der Waals surface area contributed by atoms with Crippen LogP contribution in [-0.4, -0.2) is 56.5 Å². The number of rotatable bonds is 6. The molecule has 142 valence electrons. The number of ether oxygens (including phenoxy) is 2. The zero-order valence-corrected chi connectivity index (χ0v) is 15.7. The summed E-state index contributed by atoms with van der Waals surface area (Å²) in [5.41, 5.74) is 1.72. The van der Waals surface area contributed by atoms with E-state index >= 15 is 0 Å². The van der Waals surface area contributed by atoms with Crippen molar-refractivity contribution >= 4 is 17.4 Å². The van der Waals surface area contributed by atoms with Crippen LogP contribution >= 0.6 is 0 Å². The summed E-state index contributed by atoms with van der Waals surface area (Å²) >= 11 is 0. The van der Waals surface area contributed by atoms with E-state index in [2.05, 4.69) is 4.90 Å². The van der Waals surface area contributed by atoms with E-state index in [4.69, 9.17) is 9.47 Å². The summed E-state index contributed by atoms with van der Waals surface area (Å²) in [4.78, 5) is 28.0. The van der Waals surface area contributed by atoms with Gasteiger partial charge < -0.3 is 19.3 Å². The Hall–Kier alpha value is -3.02. The van der Waals surface area contributed by atoms with Crippen LogP contribution in [0.5, 0.6) is 11.5 Å². The fourth-order valence-corrected chi connectivity index (χ4v) is 3.10. The number of methoxy groups -OCH3 is 1. The van der Waals surface area contributed by atoms with Crippen LogP contribution in [0.4, 0.5) is 5.69 Å². The summed E-state index contributed by atoms with van der Waals surface area (Å²) in [6.45, 7) is 4.25. The molecule has 27 heavy (non-hydrogen) atoms. The quantitative estimate of drug-likeness (QED) is 0.734. The highest BCUT2D eigenvalue weighted by Gasteiger charge is 2.22. The van der Waals surface area contributed by atoms with Crippen LogP contribution in [0.3, 0.4) is 0 Å². The highest BCUT2D eigenvalue weighted by Crippen LogP contribution is 2.25. The lowest BCUT2D eigenvalue weighted by molar-refractivity contribution is -0.133. The van der Waals surface area contributed by atoms with Gasteiger partial charge in [0.2, 0.25) is 0 Å². The van der Waals surface area contributed by atoms with Crippen molar-refractivity contribution < 1.29 is 19.1 Å². The molecule has 1 fully saturated rings. The van der Waals surface area contributed by atoms with Crippen molar-refractivity contribution in [3.05, 3.63) is 54.1 Å². The molecule has 0 saturated carbocycles. The number of ketones is 1. The number of para-hydroxylation sites is 2. The van der Waals surface area contributed by atoms with Gasteiger partial charge in [0.15, 0.2) is 23.9 Å². The smallest absolute Gasteiger partial charge is 0.260 e. The summed E-state index contributed by atoms with van der Waals surface area (Å²) in [6, 6.07) is 14.9. The molecule has 1 aliphatic heterocycles. The van der Waals surface area contributed by atoms with Crippen molar-refractivity contribution in [2.75, 3.05) is 44.8 Å². The molecule has 1 heterocycles. The van der Waals surface area contributed by atoms with Gasteiger partial charge in [-0.1, -0.05) is 24.3 Å². The number of piperazine rings is 1. The Bertz CT molecular complexity index is 813. The van der Waals surface area contributed by atoms with E-state index in [1.165, 1.54) is 0 Å². The molecule has 6 heteroatoms. The summed E-state index contributed by atoms with van der Waals surface area (Å²) in [7, 11) is 1.57. The zero-order chi connectivity index (χ0) is 19.2. The minimum atomic E-state index is -0.0435. The van der Waals surface area contributed by atoms with Crippen LogP contribution in [0.15, 0.2) is 48.5 Å². The van der Waals surface area contributed by atoms with Gasteiger partial charge in [0.1, 0.15) is 0 Å². The molecule has 0 unspecified atom stereocenters. The first-order chi connectivity index (χ1) is 13.1. The lowest BCUT2D eigenvalue weighted by Gasteiger charge is -2.36. The third kappa shape index (κ3) is 4.58. The average Bonchev–Trinajstić information content (AvgIpc) is 2.72. The molecule has 1 saturated heterocycles. The molecule has 0 spiro atoms. The van der Waals surface area contributed by atoms with Crippen LogP contribution in [0, 0.1) is 0 Å². The maximum atomic E-state index is 12.5. The van der Waals surface area contributed by atoms with Gasteiger partial charge in [-0.05, 0) is 31.2 Å². The number of carbonyl (C=O) groups excluding carboxylic acids is 2. The first-order valence-corrected chi connectivity index (χ1v) is 8.98. The molecular formula is C21H24N2O4. The van der Waals surface area contributed by atoms with Gasteiger partial charge >= 0.3 is 0 Å². The zero-order valence-electron chi connectivity index (χ0n) is 15.7. The van der Waals surface area contributed by atoms with Gasteiger partial charge in [0, 0.05) is 37.4 Å². The van der Waals surface area contributed by atoms with Crippen molar-refractivity contribution in [2.24, 2.45) is 0 Å². The molecule has 1 amide bonds. The molecule has 0 aromatic heterocycles. The Balaban J connectivity index is 1.53. The minimum Gasteiger partial charge on any atom is -0.493 e. The molecule has 0 bridgehead atoms. The number of anilines is 1. The third-order valence-electron chi connectivity index (χ3n) is 4.67.